The van der Waals surface area contributed by atoms with E-state index in [0.717, 1.165) is 23.7 Å². The summed E-state index contributed by atoms with van der Waals surface area (Å²) in [4.78, 5) is 0. The van der Waals surface area contributed by atoms with Gasteiger partial charge >= 0.3 is 0 Å². The van der Waals surface area contributed by atoms with Crippen LogP contribution in [0.4, 0.5) is 0 Å². The quantitative estimate of drug-likeness (QED) is 0.423. The minimum Gasteiger partial charge on any atom is -0.0953 e. The molecule has 0 radical (unpaired) electrons. The molecule has 0 heterocycles. The predicted octanol–water partition coefficient (Wildman–Crippen LogP) is 9.67. The second kappa shape index (κ2) is 9.79. The van der Waals surface area contributed by atoms with Crippen molar-refractivity contribution >= 4 is 0 Å². The molecule has 0 aromatic rings. The SMILES string of the molecule is C=C1/C(=C\C=C2/CCC[C@]3(C)[C@@H]([C@H](C)CC4(C)CC4)CC[C@@H]23)CCCC1CC.CC. The van der Waals surface area contributed by atoms with Crippen LogP contribution < -0.4 is 0 Å². The average molecular weight is 411 g/mol. The topological polar surface area (TPSA) is 0 Å². The summed E-state index contributed by atoms with van der Waals surface area (Å²) in [5, 5.41) is 0. The lowest BCUT2D eigenvalue weighted by Crippen LogP contribution is -2.36. The minimum absolute atomic E-state index is 0.558. The maximum atomic E-state index is 4.47. The summed E-state index contributed by atoms with van der Waals surface area (Å²) in [6, 6.07) is 0. The van der Waals surface area contributed by atoms with Crippen LogP contribution in [0.5, 0.6) is 0 Å². The van der Waals surface area contributed by atoms with E-state index in [0.29, 0.717) is 10.8 Å². The van der Waals surface area contributed by atoms with Gasteiger partial charge in [0.15, 0.2) is 0 Å². The van der Waals surface area contributed by atoms with Crippen LogP contribution in [-0.2, 0) is 0 Å². The largest absolute Gasteiger partial charge is 0.0953 e. The van der Waals surface area contributed by atoms with E-state index in [-0.39, 0.29) is 0 Å². The number of hydrogen-bond acceptors (Lipinski definition) is 0. The van der Waals surface area contributed by atoms with Crippen molar-refractivity contribution in [3.05, 3.63) is 35.5 Å². The van der Waals surface area contributed by atoms with E-state index >= 15 is 0 Å². The van der Waals surface area contributed by atoms with Gasteiger partial charge in [0, 0.05) is 0 Å². The van der Waals surface area contributed by atoms with Gasteiger partial charge in [-0.3, -0.25) is 0 Å². The highest BCUT2D eigenvalue weighted by Gasteiger charge is 2.52. The molecule has 4 aliphatic rings. The summed E-state index contributed by atoms with van der Waals surface area (Å²) in [6.45, 7) is 18.6. The molecule has 0 amide bonds. The fourth-order valence-corrected chi connectivity index (χ4v) is 7.54. The molecular formula is C30H50. The maximum absolute atomic E-state index is 4.47. The van der Waals surface area contributed by atoms with E-state index in [1.165, 1.54) is 82.6 Å². The zero-order valence-corrected chi connectivity index (χ0v) is 21.2. The molecule has 0 spiro atoms. The van der Waals surface area contributed by atoms with Crippen molar-refractivity contribution in [3.63, 3.8) is 0 Å². The monoisotopic (exact) mass is 410 g/mol. The van der Waals surface area contributed by atoms with E-state index in [9.17, 15) is 0 Å². The molecule has 4 rings (SSSR count). The fourth-order valence-electron chi connectivity index (χ4n) is 7.54. The Morgan fingerprint density at radius 3 is 2.40 bits per heavy atom. The molecule has 0 nitrogen and oxygen atoms in total. The zero-order valence-electron chi connectivity index (χ0n) is 21.2. The van der Waals surface area contributed by atoms with Crippen LogP contribution in [0.3, 0.4) is 0 Å². The number of hydrogen-bond donors (Lipinski definition) is 0. The summed E-state index contributed by atoms with van der Waals surface area (Å²) in [7, 11) is 0. The van der Waals surface area contributed by atoms with E-state index < -0.39 is 0 Å². The van der Waals surface area contributed by atoms with E-state index in [1.807, 2.05) is 13.8 Å². The van der Waals surface area contributed by atoms with Crippen LogP contribution in [-0.4, -0.2) is 0 Å². The Hall–Kier alpha value is -0.780. The molecule has 1 unspecified atom stereocenters. The molecule has 4 saturated carbocycles. The first-order chi connectivity index (χ1) is 14.4. The average Bonchev–Trinajstić information content (AvgIpc) is 3.34. The normalized spacial score (nSPS) is 38.7. The van der Waals surface area contributed by atoms with Crippen LogP contribution in [0.2, 0.25) is 0 Å². The third kappa shape index (κ3) is 4.83. The maximum Gasteiger partial charge on any atom is -0.0143 e. The molecule has 4 aliphatic carbocycles. The smallest absolute Gasteiger partial charge is 0.0143 e. The Morgan fingerprint density at radius 2 is 1.73 bits per heavy atom. The lowest BCUT2D eigenvalue weighted by atomic mass is 9.60. The highest BCUT2D eigenvalue weighted by molar-refractivity contribution is 5.37. The second-order valence-corrected chi connectivity index (χ2v) is 11.5. The van der Waals surface area contributed by atoms with Crippen molar-refractivity contribution in [2.45, 2.75) is 119 Å². The van der Waals surface area contributed by atoms with Crippen molar-refractivity contribution in [3.8, 4) is 0 Å². The van der Waals surface area contributed by atoms with E-state index in [1.54, 1.807) is 11.1 Å². The summed E-state index contributed by atoms with van der Waals surface area (Å²) < 4.78 is 0. The minimum atomic E-state index is 0.558. The number of allylic oxidation sites excluding steroid dienone is 5. The van der Waals surface area contributed by atoms with Gasteiger partial charge in [-0.05, 0) is 123 Å². The highest BCUT2D eigenvalue weighted by Crippen LogP contribution is 2.62. The van der Waals surface area contributed by atoms with Gasteiger partial charge in [-0.2, -0.15) is 0 Å². The molecule has 0 N–H and O–H groups in total. The van der Waals surface area contributed by atoms with Crippen LogP contribution in [0.15, 0.2) is 35.5 Å². The van der Waals surface area contributed by atoms with Crippen molar-refractivity contribution in [2.24, 2.45) is 34.5 Å². The van der Waals surface area contributed by atoms with Gasteiger partial charge < -0.3 is 0 Å². The Morgan fingerprint density at radius 1 is 1.00 bits per heavy atom. The zero-order chi connectivity index (χ0) is 21.9. The Kier molecular flexibility index (Phi) is 7.79. The summed E-state index contributed by atoms with van der Waals surface area (Å²) in [6.07, 6.45) is 21.8. The van der Waals surface area contributed by atoms with E-state index in [2.05, 4.69) is 46.4 Å². The molecular weight excluding hydrogens is 360 g/mol. The summed E-state index contributed by atoms with van der Waals surface area (Å²) >= 11 is 0. The molecule has 5 atom stereocenters. The molecule has 0 bridgehead atoms. The molecule has 4 fully saturated rings. The van der Waals surface area contributed by atoms with Gasteiger partial charge in [-0.1, -0.05) is 65.8 Å². The molecule has 30 heavy (non-hydrogen) atoms. The summed E-state index contributed by atoms with van der Waals surface area (Å²) in [5.74, 6) is 3.43. The first kappa shape index (κ1) is 23.9. The van der Waals surface area contributed by atoms with Gasteiger partial charge in [0.2, 0.25) is 0 Å². The van der Waals surface area contributed by atoms with Gasteiger partial charge in [0.1, 0.15) is 0 Å². The van der Waals surface area contributed by atoms with Crippen molar-refractivity contribution in [1.29, 1.82) is 0 Å². The molecule has 0 aromatic heterocycles. The van der Waals surface area contributed by atoms with Crippen molar-refractivity contribution < 1.29 is 0 Å². The summed E-state index contributed by atoms with van der Waals surface area (Å²) in [5.41, 5.74) is 6.04. The second-order valence-electron chi connectivity index (χ2n) is 11.5. The fraction of sp³-hybridized carbons (Fsp3) is 0.800. The molecule has 0 saturated heterocycles. The van der Waals surface area contributed by atoms with Gasteiger partial charge in [-0.15, -0.1) is 0 Å². The standard InChI is InChI=1S/C28H44.C2H6/c1-6-22-9-7-10-23(21(22)3)12-13-24-11-8-16-28(5)25(14-15-26(24)28)20(2)19-27(4)17-18-27;1-2/h12-13,20,22,25-26H,3,6-11,14-19H2,1-2,4-5H3;1-2H3/b23-12-,24-13+;/t20-,22?,25-,26+,28-;/m1./s1. The first-order valence-electron chi connectivity index (χ1n) is 13.4. The van der Waals surface area contributed by atoms with E-state index in [4.69, 9.17) is 0 Å². The number of rotatable bonds is 5. The molecule has 0 aromatic carbocycles. The van der Waals surface area contributed by atoms with Gasteiger partial charge in [0.25, 0.3) is 0 Å². The Balaban J connectivity index is 0.00000124. The highest BCUT2D eigenvalue weighted by atomic mass is 14.6. The van der Waals surface area contributed by atoms with Crippen molar-refractivity contribution in [1.82, 2.24) is 0 Å². The molecule has 0 heteroatoms. The van der Waals surface area contributed by atoms with Crippen LogP contribution in [0.1, 0.15) is 119 Å². The predicted molar refractivity (Wildman–Crippen MR) is 134 cm³/mol. The molecule has 0 aliphatic heterocycles. The third-order valence-electron chi connectivity index (χ3n) is 9.54. The Bertz CT molecular complexity index is 658. The lowest BCUT2D eigenvalue weighted by Gasteiger charge is -2.45. The number of fused-ring (bicyclic) bond motifs is 1. The first-order valence-corrected chi connectivity index (χ1v) is 13.4. The molecule has 170 valence electrons. The third-order valence-corrected chi connectivity index (χ3v) is 9.54. The van der Waals surface area contributed by atoms with Crippen LogP contribution in [0, 0.1) is 34.5 Å². The lowest BCUT2D eigenvalue weighted by molar-refractivity contribution is 0.0865. The Labute approximate surface area is 188 Å². The van der Waals surface area contributed by atoms with Crippen molar-refractivity contribution in [2.75, 3.05) is 0 Å². The van der Waals surface area contributed by atoms with Crippen LogP contribution >= 0.6 is 0 Å². The van der Waals surface area contributed by atoms with Gasteiger partial charge in [-0.25, -0.2) is 0 Å². The van der Waals surface area contributed by atoms with Crippen LogP contribution in [0.25, 0.3) is 0 Å². The van der Waals surface area contributed by atoms with Gasteiger partial charge in [0.05, 0.1) is 0 Å².